The molecule has 2 aromatic rings. The first-order valence-corrected chi connectivity index (χ1v) is 5.52. The highest BCUT2D eigenvalue weighted by molar-refractivity contribution is 5.99. The number of carbonyl (C=O) groups excluding carboxylic acids is 1. The molecule has 94 valence electrons. The molecular formula is C11H13N5O2. The van der Waals surface area contributed by atoms with Crippen LogP contribution >= 0.6 is 0 Å². The van der Waals surface area contributed by atoms with Crippen LogP contribution in [0.2, 0.25) is 0 Å². The number of anilines is 1. The number of amides is 1. The third-order valence-electron chi connectivity index (χ3n) is 2.25. The summed E-state index contributed by atoms with van der Waals surface area (Å²) in [4.78, 5) is 19.8. The van der Waals surface area contributed by atoms with E-state index in [4.69, 9.17) is 0 Å². The van der Waals surface area contributed by atoms with Crippen LogP contribution in [0.25, 0.3) is 0 Å². The SMILES string of the molecule is CCNc1cnccc1C(=O)NCc1ncon1. The van der Waals surface area contributed by atoms with Crippen molar-refractivity contribution in [2.24, 2.45) is 0 Å². The van der Waals surface area contributed by atoms with Crippen LogP contribution in [0.15, 0.2) is 29.4 Å². The third kappa shape index (κ3) is 2.82. The smallest absolute Gasteiger partial charge is 0.253 e. The zero-order valence-corrected chi connectivity index (χ0v) is 9.88. The fourth-order valence-electron chi connectivity index (χ4n) is 1.45. The van der Waals surface area contributed by atoms with Gasteiger partial charge in [-0.1, -0.05) is 5.16 Å². The summed E-state index contributed by atoms with van der Waals surface area (Å²) in [5.41, 5.74) is 1.24. The summed E-state index contributed by atoms with van der Waals surface area (Å²) in [5, 5.41) is 9.40. The van der Waals surface area contributed by atoms with Crippen LogP contribution in [0, 0.1) is 0 Å². The molecule has 2 heterocycles. The maximum Gasteiger partial charge on any atom is 0.253 e. The summed E-state index contributed by atoms with van der Waals surface area (Å²) >= 11 is 0. The van der Waals surface area contributed by atoms with Crippen molar-refractivity contribution >= 4 is 11.6 Å². The fourth-order valence-corrected chi connectivity index (χ4v) is 1.45. The predicted molar refractivity (Wildman–Crippen MR) is 63.9 cm³/mol. The second-order valence-corrected chi connectivity index (χ2v) is 3.48. The first-order valence-electron chi connectivity index (χ1n) is 5.52. The molecule has 1 amide bonds. The average molecular weight is 247 g/mol. The van der Waals surface area contributed by atoms with Gasteiger partial charge in [0.1, 0.15) is 0 Å². The topological polar surface area (TPSA) is 92.9 Å². The van der Waals surface area contributed by atoms with E-state index in [0.717, 1.165) is 6.54 Å². The summed E-state index contributed by atoms with van der Waals surface area (Å²) in [6.45, 7) is 2.90. The van der Waals surface area contributed by atoms with E-state index in [0.29, 0.717) is 17.1 Å². The molecule has 0 saturated heterocycles. The zero-order valence-electron chi connectivity index (χ0n) is 9.88. The summed E-state index contributed by atoms with van der Waals surface area (Å²) in [5.74, 6) is 0.223. The monoisotopic (exact) mass is 247 g/mol. The number of hydrogen-bond acceptors (Lipinski definition) is 6. The molecule has 7 nitrogen and oxygen atoms in total. The molecule has 2 rings (SSSR count). The van der Waals surface area contributed by atoms with Crippen molar-refractivity contribution in [2.75, 3.05) is 11.9 Å². The Balaban J connectivity index is 2.04. The Morgan fingerprint density at radius 1 is 1.50 bits per heavy atom. The highest BCUT2D eigenvalue weighted by Crippen LogP contribution is 2.12. The Bertz CT molecular complexity index is 512. The number of aromatic nitrogens is 3. The summed E-state index contributed by atoms with van der Waals surface area (Å²) in [7, 11) is 0. The van der Waals surface area contributed by atoms with Gasteiger partial charge >= 0.3 is 0 Å². The summed E-state index contributed by atoms with van der Waals surface area (Å²) in [6, 6.07) is 1.66. The number of nitrogens with zero attached hydrogens (tertiary/aromatic N) is 3. The van der Waals surface area contributed by atoms with Crippen molar-refractivity contribution < 1.29 is 9.32 Å². The minimum Gasteiger partial charge on any atom is -0.383 e. The molecule has 0 saturated carbocycles. The van der Waals surface area contributed by atoms with Crippen molar-refractivity contribution in [3.63, 3.8) is 0 Å². The molecular weight excluding hydrogens is 234 g/mol. The average Bonchev–Trinajstić information content (AvgIpc) is 2.90. The van der Waals surface area contributed by atoms with Gasteiger partial charge in [0.15, 0.2) is 5.82 Å². The highest BCUT2D eigenvalue weighted by atomic mass is 16.5. The molecule has 0 aliphatic carbocycles. The Kier molecular flexibility index (Phi) is 3.85. The standard InChI is InChI=1S/C11H13N5O2/c1-2-13-9-5-12-4-3-8(9)11(17)14-6-10-15-7-18-16-10/h3-5,7,13H,2,6H2,1H3,(H,14,17). The van der Waals surface area contributed by atoms with Crippen molar-refractivity contribution in [3.8, 4) is 0 Å². The number of pyridine rings is 1. The van der Waals surface area contributed by atoms with Gasteiger partial charge in [0, 0.05) is 12.7 Å². The lowest BCUT2D eigenvalue weighted by molar-refractivity contribution is 0.0950. The lowest BCUT2D eigenvalue weighted by Crippen LogP contribution is -2.24. The maximum absolute atomic E-state index is 12.0. The van der Waals surface area contributed by atoms with Gasteiger partial charge in [0.2, 0.25) is 6.39 Å². The quantitative estimate of drug-likeness (QED) is 0.812. The highest BCUT2D eigenvalue weighted by Gasteiger charge is 2.11. The van der Waals surface area contributed by atoms with Crippen LogP contribution < -0.4 is 10.6 Å². The van der Waals surface area contributed by atoms with E-state index in [-0.39, 0.29) is 12.5 Å². The van der Waals surface area contributed by atoms with Gasteiger partial charge in [-0.05, 0) is 13.0 Å². The van der Waals surface area contributed by atoms with Crippen LogP contribution in [-0.2, 0) is 6.54 Å². The van der Waals surface area contributed by atoms with Crippen LogP contribution in [0.4, 0.5) is 5.69 Å². The van der Waals surface area contributed by atoms with E-state index in [2.05, 4.69) is 30.3 Å². The van der Waals surface area contributed by atoms with E-state index < -0.39 is 0 Å². The Morgan fingerprint density at radius 3 is 3.11 bits per heavy atom. The molecule has 2 N–H and O–H groups in total. The van der Waals surface area contributed by atoms with Gasteiger partial charge < -0.3 is 15.2 Å². The minimum absolute atomic E-state index is 0.210. The number of carbonyl (C=O) groups is 1. The number of hydrogen-bond donors (Lipinski definition) is 2. The van der Waals surface area contributed by atoms with Crippen molar-refractivity contribution in [1.82, 2.24) is 20.4 Å². The first-order chi connectivity index (χ1) is 8.81. The molecule has 0 aliphatic heterocycles. The van der Waals surface area contributed by atoms with Crippen molar-refractivity contribution in [3.05, 3.63) is 36.2 Å². The van der Waals surface area contributed by atoms with Crippen LogP contribution in [-0.4, -0.2) is 27.6 Å². The molecule has 0 spiro atoms. The van der Waals surface area contributed by atoms with Crippen LogP contribution in [0.5, 0.6) is 0 Å². The van der Waals surface area contributed by atoms with Crippen LogP contribution in [0.1, 0.15) is 23.1 Å². The van der Waals surface area contributed by atoms with Crippen molar-refractivity contribution in [2.45, 2.75) is 13.5 Å². The lowest BCUT2D eigenvalue weighted by Gasteiger charge is -2.09. The Hall–Kier alpha value is -2.44. The fraction of sp³-hybridized carbons (Fsp3) is 0.273. The molecule has 0 unspecified atom stereocenters. The maximum atomic E-state index is 12.0. The van der Waals surface area contributed by atoms with Gasteiger partial charge in [-0.15, -0.1) is 0 Å². The van der Waals surface area contributed by atoms with E-state index in [1.165, 1.54) is 6.39 Å². The van der Waals surface area contributed by atoms with Gasteiger partial charge in [-0.3, -0.25) is 9.78 Å². The largest absolute Gasteiger partial charge is 0.383 e. The summed E-state index contributed by atoms with van der Waals surface area (Å²) in [6.07, 6.45) is 4.41. The van der Waals surface area contributed by atoms with Crippen LogP contribution in [0.3, 0.4) is 0 Å². The third-order valence-corrected chi connectivity index (χ3v) is 2.25. The van der Waals surface area contributed by atoms with Gasteiger partial charge in [0.05, 0.1) is 24.0 Å². The Labute approximate surface area is 104 Å². The van der Waals surface area contributed by atoms with E-state index in [9.17, 15) is 4.79 Å². The molecule has 0 bridgehead atoms. The second-order valence-electron chi connectivity index (χ2n) is 3.48. The van der Waals surface area contributed by atoms with E-state index in [1.807, 2.05) is 6.92 Å². The molecule has 7 heteroatoms. The first kappa shape index (κ1) is 12.0. The molecule has 2 aromatic heterocycles. The zero-order chi connectivity index (χ0) is 12.8. The summed E-state index contributed by atoms with van der Waals surface area (Å²) < 4.78 is 4.58. The number of nitrogens with one attached hydrogen (secondary N) is 2. The van der Waals surface area contributed by atoms with Crippen molar-refractivity contribution in [1.29, 1.82) is 0 Å². The van der Waals surface area contributed by atoms with E-state index >= 15 is 0 Å². The molecule has 0 aromatic carbocycles. The van der Waals surface area contributed by atoms with Gasteiger partial charge in [0.25, 0.3) is 5.91 Å². The van der Waals surface area contributed by atoms with Gasteiger partial charge in [-0.25, -0.2) is 0 Å². The predicted octanol–water partition coefficient (Wildman–Crippen LogP) is 0.826. The minimum atomic E-state index is -0.210. The Morgan fingerprint density at radius 2 is 2.39 bits per heavy atom. The number of rotatable bonds is 5. The molecule has 18 heavy (non-hydrogen) atoms. The molecule has 0 atom stereocenters. The van der Waals surface area contributed by atoms with E-state index in [1.54, 1.807) is 18.5 Å². The molecule has 0 radical (unpaired) electrons. The van der Waals surface area contributed by atoms with Gasteiger partial charge in [-0.2, -0.15) is 4.98 Å². The second kappa shape index (κ2) is 5.76. The molecule has 0 aliphatic rings. The molecule has 0 fully saturated rings. The lowest BCUT2D eigenvalue weighted by atomic mass is 10.2. The normalized spacial score (nSPS) is 10.1.